The molecule has 3 heterocycles. The highest BCUT2D eigenvalue weighted by atomic mass is 28.3. The van der Waals surface area contributed by atoms with Crippen LogP contribution < -0.4 is 5.32 Å². The van der Waals surface area contributed by atoms with E-state index in [1.165, 1.54) is 12.1 Å². The lowest BCUT2D eigenvalue weighted by Gasteiger charge is -2.16. The third-order valence-electron chi connectivity index (χ3n) is 8.00. The van der Waals surface area contributed by atoms with Crippen molar-refractivity contribution in [2.75, 3.05) is 13.2 Å². The van der Waals surface area contributed by atoms with E-state index in [0.29, 0.717) is 26.5 Å². The topological polar surface area (TPSA) is 86.4 Å². The summed E-state index contributed by atoms with van der Waals surface area (Å²) in [5.41, 5.74) is 6.35. The first-order chi connectivity index (χ1) is 20.3. The Morgan fingerprint density at radius 1 is 0.953 bits per heavy atom. The molecule has 0 fully saturated rings. The predicted molar refractivity (Wildman–Crippen MR) is 176 cm³/mol. The van der Waals surface area contributed by atoms with Crippen molar-refractivity contribution in [3.05, 3.63) is 53.1 Å². The zero-order valence-corrected chi connectivity index (χ0v) is 28.7. The number of aromatic nitrogens is 4. The Morgan fingerprint density at radius 2 is 1.65 bits per heavy atom. The molecular formula is C32H46FN5O3Si2. The van der Waals surface area contributed by atoms with E-state index >= 15 is 0 Å². The van der Waals surface area contributed by atoms with Crippen LogP contribution in [0, 0.1) is 5.82 Å². The normalized spacial score (nSPS) is 13.8. The van der Waals surface area contributed by atoms with Crippen LogP contribution in [0.2, 0.25) is 51.4 Å². The smallest absolute Gasteiger partial charge is 0.165 e. The molecule has 43 heavy (non-hydrogen) atoms. The molecule has 232 valence electrons. The molecule has 0 amide bonds. The maximum Gasteiger partial charge on any atom is 0.165 e. The molecule has 0 unspecified atom stereocenters. The van der Waals surface area contributed by atoms with E-state index < -0.39 is 22.0 Å². The largest absolute Gasteiger partial charge is 0.505 e. The van der Waals surface area contributed by atoms with Gasteiger partial charge in [-0.3, -0.25) is 0 Å². The second-order valence-corrected chi connectivity index (χ2v) is 25.2. The van der Waals surface area contributed by atoms with E-state index in [2.05, 4.69) is 49.2 Å². The highest BCUT2D eigenvalue weighted by Gasteiger charge is 2.26. The fraction of sp³-hybridized carbons (Fsp3) is 0.500. The van der Waals surface area contributed by atoms with Gasteiger partial charge in [-0.2, -0.15) is 5.10 Å². The number of nitrogens with zero attached hydrogens (tertiary/aromatic N) is 4. The molecule has 5 rings (SSSR count). The number of nitrogens with one attached hydrogen (secondary N) is 1. The number of phenolic OH excluding ortho intramolecular Hbond substituents is 1. The van der Waals surface area contributed by atoms with Gasteiger partial charge in [0.2, 0.25) is 0 Å². The summed E-state index contributed by atoms with van der Waals surface area (Å²) in [5, 5.41) is 19.4. The monoisotopic (exact) mass is 623 g/mol. The van der Waals surface area contributed by atoms with Crippen molar-refractivity contribution in [2.24, 2.45) is 0 Å². The van der Waals surface area contributed by atoms with E-state index in [1.54, 1.807) is 0 Å². The van der Waals surface area contributed by atoms with Crippen molar-refractivity contribution in [3.63, 3.8) is 0 Å². The summed E-state index contributed by atoms with van der Waals surface area (Å²) in [7, 11) is -2.46. The van der Waals surface area contributed by atoms with E-state index in [9.17, 15) is 9.50 Å². The Labute approximate surface area is 256 Å². The van der Waals surface area contributed by atoms with Crippen LogP contribution >= 0.6 is 0 Å². The van der Waals surface area contributed by atoms with Crippen LogP contribution in [0.25, 0.3) is 33.5 Å². The average Bonchev–Trinajstić information content (AvgIpc) is 3.62. The molecule has 0 atom stereocenters. The van der Waals surface area contributed by atoms with Crippen molar-refractivity contribution >= 4 is 27.1 Å². The summed E-state index contributed by atoms with van der Waals surface area (Å²) >= 11 is 0. The number of hydrogen-bond donors (Lipinski definition) is 2. The van der Waals surface area contributed by atoms with Gasteiger partial charge in [0.25, 0.3) is 0 Å². The van der Waals surface area contributed by atoms with E-state index in [-0.39, 0.29) is 5.75 Å². The Balaban J connectivity index is 1.56. The standard InChI is InChI=1S/C32H46FN5O3Si2/c1-8-22-16-30(39)26(33)17-25(22)23-9-10-24-28(15-23)38(21-41-12-14-43(5,6)7)36-31(24)32-35-27-18-34-19-29(27)37(32)20-40-11-13-42(2,3)4/h9-10,15-17,34,39H,8,11-14,18-21H2,1-7H3. The number of aryl methyl sites for hydroxylation is 1. The summed E-state index contributed by atoms with van der Waals surface area (Å²) in [4.78, 5) is 5.05. The van der Waals surface area contributed by atoms with Crippen molar-refractivity contribution in [1.82, 2.24) is 24.6 Å². The number of rotatable bonds is 13. The first-order valence-electron chi connectivity index (χ1n) is 15.3. The van der Waals surface area contributed by atoms with Crippen LogP contribution in [-0.4, -0.2) is 53.8 Å². The fourth-order valence-electron chi connectivity index (χ4n) is 5.33. The van der Waals surface area contributed by atoms with Gasteiger partial charge >= 0.3 is 0 Å². The van der Waals surface area contributed by atoms with E-state index in [1.807, 2.05) is 29.8 Å². The Kier molecular flexibility index (Phi) is 9.29. The second kappa shape index (κ2) is 12.6. The van der Waals surface area contributed by atoms with E-state index in [0.717, 1.165) is 82.3 Å². The highest BCUT2D eigenvalue weighted by Crippen LogP contribution is 2.36. The van der Waals surface area contributed by atoms with Gasteiger partial charge in [-0.1, -0.05) is 52.3 Å². The minimum atomic E-state index is -1.25. The van der Waals surface area contributed by atoms with Crippen molar-refractivity contribution in [2.45, 2.75) is 91.3 Å². The van der Waals surface area contributed by atoms with Crippen LogP contribution in [0.3, 0.4) is 0 Å². The number of fused-ring (bicyclic) bond motifs is 2. The third kappa shape index (κ3) is 7.29. The van der Waals surface area contributed by atoms with Gasteiger partial charge in [-0.05, 0) is 59.5 Å². The van der Waals surface area contributed by atoms with Gasteiger partial charge in [-0.25, -0.2) is 14.1 Å². The average molecular weight is 624 g/mol. The molecule has 4 aromatic rings. The molecule has 11 heteroatoms. The molecule has 2 N–H and O–H groups in total. The van der Waals surface area contributed by atoms with Crippen molar-refractivity contribution in [3.8, 4) is 28.4 Å². The lowest BCUT2D eigenvalue weighted by molar-refractivity contribution is 0.0815. The van der Waals surface area contributed by atoms with Gasteiger partial charge in [0, 0.05) is 47.8 Å². The van der Waals surface area contributed by atoms with Crippen LogP contribution in [0.4, 0.5) is 4.39 Å². The van der Waals surface area contributed by atoms with Gasteiger partial charge in [0.05, 0.1) is 16.9 Å². The number of hydrogen-bond acceptors (Lipinski definition) is 6. The Hall–Kier alpha value is -2.84. The van der Waals surface area contributed by atoms with E-state index in [4.69, 9.17) is 19.6 Å². The van der Waals surface area contributed by atoms with Gasteiger partial charge < -0.3 is 24.5 Å². The number of ether oxygens (including phenoxy) is 2. The summed E-state index contributed by atoms with van der Waals surface area (Å²) in [6.45, 7) is 19.7. The molecule has 0 radical (unpaired) electrons. The maximum absolute atomic E-state index is 14.5. The number of aromatic hydroxyl groups is 1. The molecule has 1 aliphatic rings. The van der Waals surface area contributed by atoms with Crippen LogP contribution in [-0.2, 0) is 42.4 Å². The zero-order valence-electron chi connectivity index (χ0n) is 26.7. The van der Waals surface area contributed by atoms with Crippen LogP contribution in [0.1, 0.15) is 23.9 Å². The molecule has 0 bridgehead atoms. The number of halogens is 1. The van der Waals surface area contributed by atoms with Gasteiger partial charge in [0.15, 0.2) is 17.4 Å². The SMILES string of the molecule is CCc1cc(O)c(F)cc1-c1ccc2c(-c3nc4c(n3COCC[Si](C)(C)C)CNC4)nn(COCC[Si](C)(C)C)c2c1. The number of benzene rings is 2. The molecule has 0 aliphatic carbocycles. The third-order valence-corrected chi connectivity index (χ3v) is 11.4. The van der Waals surface area contributed by atoms with Gasteiger partial charge in [-0.15, -0.1) is 0 Å². The van der Waals surface area contributed by atoms with Gasteiger partial charge in [0.1, 0.15) is 19.2 Å². The van der Waals surface area contributed by atoms with Crippen molar-refractivity contribution < 1.29 is 19.0 Å². The lowest BCUT2D eigenvalue weighted by atomic mass is 9.96. The molecular weight excluding hydrogens is 578 g/mol. The summed E-state index contributed by atoms with van der Waals surface area (Å²) in [6.07, 6.45) is 0.667. The first-order valence-corrected chi connectivity index (χ1v) is 22.7. The molecule has 0 spiro atoms. The quantitative estimate of drug-likeness (QED) is 0.121. The molecule has 2 aromatic carbocycles. The Morgan fingerprint density at radius 3 is 2.33 bits per heavy atom. The second-order valence-electron chi connectivity index (χ2n) is 14.0. The fourth-order valence-corrected chi connectivity index (χ4v) is 6.84. The zero-order chi connectivity index (χ0) is 30.9. The predicted octanol–water partition coefficient (Wildman–Crippen LogP) is 7.20. The summed E-state index contributed by atoms with van der Waals surface area (Å²) in [6, 6.07) is 11.2. The van der Waals surface area contributed by atoms with Crippen LogP contribution in [0.5, 0.6) is 5.75 Å². The highest BCUT2D eigenvalue weighted by molar-refractivity contribution is 6.76. The molecule has 0 saturated carbocycles. The van der Waals surface area contributed by atoms with Crippen LogP contribution in [0.15, 0.2) is 30.3 Å². The summed E-state index contributed by atoms with van der Waals surface area (Å²) < 4.78 is 30.9. The molecule has 1 aliphatic heterocycles. The minimum Gasteiger partial charge on any atom is -0.505 e. The molecule has 0 saturated heterocycles. The lowest BCUT2D eigenvalue weighted by Crippen LogP contribution is -2.22. The molecule has 2 aromatic heterocycles. The maximum atomic E-state index is 14.5. The molecule has 8 nitrogen and oxygen atoms in total. The minimum absolute atomic E-state index is 0.309. The van der Waals surface area contributed by atoms with Crippen molar-refractivity contribution in [1.29, 1.82) is 0 Å². The number of imidazole rings is 1. The first kappa shape index (κ1) is 31.6. The summed E-state index contributed by atoms with van der Waals surface area (Å²) in [5.74, 6) is -0.162. The number of phenols is 1. The Bertz CT molecular complexity index is 1600.